The van der Waals surface area contributed by atoms with Gasteiger partial charge in [0.15, 0.2) is 0 Å². The maximum absolute atomic E-state index is 11.7. The van der Waals surface area contributed by atoms with Crippen molar-refractivity contribution >= 4 is 23.5 Å². The van der Waals surface area contributed by atoms with E-state index in [0.717, 1.165) is 5.56 Å². The molecule has 1 N–H and O–H groups in total. The molecule has 1 aromatic rings. The van der Waals surface area contributed by atoms with Crippen LogP contribution >= 0.6 is 11.6 Å². The maximum atomic E-state index is 11.7. The molecule has 0 aromatic heterocycles. The van der Waals surface area contributed by atoms with Gasteiger partial charge in [0.2, 0.25) is 5.91 Å². The van der Waals surface area contributed by atoms with E-state index in [1.165, 1.54) is 7.11 Å². The lowest BCUT2D eigenvalue weighted by molar-refractivity contribution is -0.149. The largest absolute Gasteiger partial charge is 0.497 e. The number of hydrogen-bond donors (Lipinski definition) is 1. The highest BCUT2D eigenvalue weighted by Gasteiger charge is 2.42. The summed E-state index contributed by atoms with van der Waals surface area (Å²) in [6, 6.07) is 5.18. The molecule has 1 fully saturated rings. The Balaban J connectivity index is 2.35. The molecule has 1 aliphatic rings. The molecular weight excluding hydrogens is 270 g/mol. The van der Waals surface area contributed by atoms with Crippen LogP contribution in [0.3, 0.4) is 0 Å². The van der Waals surface area contributed by atoms with E-state index in [0.29, 0.717) is 17.3 Å². The number of benzene rings is 1. The quantitative estimate of drug-likeness (QED) is 0.672. The second-order valence-electron chi connectivity index (χ2n) is 4.24. The molecule has 1 amide bonds. The van der Waals surface area contributed by atoms with E-state index in [1.807, 2.05) is 0 Å². The van der Waals surface area contributed by atoms with Crippen LogP contribution in [0.1, 0.15) is 11.5 Å². The summed E-state index contributed by atoms with van der Waals surface area (Å²) in [5.74, 6) is -1.43. The fourth-order valence-electron chi connectivity index (χ4n) is 2.24. The zero-order valence-corrected chi connectivity index (χ0v) is 11.4. The summed E-state index contributed by atoms with van der Waals surface area (Å²) >= 11 is 6.18. The second kappa shape index (κ2) is 5.48. The van der Waals surface area contributed by atoms with Crippen LogP contribution in [-0.4, -0.2) is 32.6 Å². The minimum absolute atomic E-state index is 0.321. The molecule has 1 saturated heterocycles. The zero-order valence-electron chi connectivity index (χ0n) is 10.6. The molecule has 1 heterocycles. The second-order valence-corrected chi connectivity index (χ2v) is 4.65. The Bertz CT molecular complexity index is 517. The number of carbonyl (C=O) groups excluding carboxylic acids is 2. The van der Waals surface area contributed by atoms with Crippen LogP contribution in [0.15, 0.2) is 18.2 Å². The minimum atomic E-state index is -0.851. The van der Waals surface area contributed by atoms with Crippen molar-refractivity contribution in [1.82, 2.24) is 5.32 Å². The molecule has 5 nitrogen and oxygen atoms in total. The molecule has 0 spiro atoms. The number of halogens is 1. The number of ether oxygens (including phenoxy) is 2. The highest BCUT2D eigenvalue weighted by molar-refractivity contribution is 6.31. The smallest absolute Gasteiger partial charge is 0.318 e. The van der Waals surface area contributed by atoms with E-state index in [-0.39, 0.29) is 11.8 Å². The Morgan fingerprint density at radius 3 is 2.74 bits per heavy atom. The highest BCUT2D eigenvalue weighted by atomic mass is 35.5. The summed E-state index contributed by atoms with van der Waals surface area (Å²) in [6.07, 6.45) is 0. The molecule has 1 aromatic carbocycles. The third-order valence-corrected chi connectivity index (χ3v) is 3.57. The number of carbonyl (C=O) groups is 2. The van der Waals surface area contributed by atoms with Crippen molar-refractivity contribution in [2.24, 2.45) is 5.92 Å². The van der Waals surface area contributed by atoms with Gasteiger partial charge >= 0.3 is 5.97 Å². The monoisotopic (exact) mass is 283 g/mol. The number of rotatable bonds is 3. The van der Waals surface area contributed by atoms with E-state index in [9.17, 15) is 9.59 Å². The van der Waals surface area contributed by atoms with E-state index in [1.54, 1.807) is 25.3 Å². The Kier molecular flexibility index (Phi) is 3.95. The first-order chi connectivity index (χ1) is 9.08. The molecule has 2 unspecified atom stereocenters. The van der Waals surface area contributed by atoms with Gasteiger partial charge in [-0.3, -0.25) is 9.59 Å². The molecule has 102 valence electrons. The van der Waals surface area contributed by atoms with Crippen LogP contribution in [0.25, 0.3) is 0 Å². The summed E-state index contributed by atoms with van der Waals surface area (Å²) < 4.78 is 9.74. The lowest BCUT2D eigenvalue weighted by Crippen LogP contribution is -2.28. The molecule has 1 aliphatic heterocycles. The van der Waals surface area contributed by atoms with E-state index >= 15 is 0 Å². The van der Waals surface area contributed by atoms with Crippen molar-refractivity contribution in [3.05, 3.63) is 28.8 Å². The number of hydrogen-bond acceptors (Lipinski definition) is 4. The van der Waals surface area contributed by atoms with Gasteiger partial charge in [-0.05, 0) is 17.7 Å². The van der Waals surface area contributed by atoms with Crippen LogP contribution in [0.2, 0.25) is 5.02 Å². The average Bonchev–Trinajstić information content (AvgIpc) is 2.79. The topological polar surface area (TPSA) is 64.6 Å². The maximum Gasteiger partial charge on any atom is 0.318 e. The molecule has 6 heteroatoms. The molecule has 0 saturated carbocycles. The normalized spacial score (nSPS) is 21.9. The van der Waals surface area contributed by atoms with Crippen LogP contribution < -0.4 is 10.1 Å². The first-order valence-electron chi connectivity index (χ1n) is 5.77. The number of nitrogens with one attached hydrogen (secondary N) is 1. The van der Waals surface area contributed by atoms with Crippen molar-refractivity contribution in [3.63, 3.8) is 0 Å². The first-order valence-corrected chi connectivity index (χ1v) is 6.15. The lowest BCUT2D eigenvalue weighted by atomic mass is 9.88. The lowest BCUT2D eigenvalue weighted by Gasteiger charge is -2.16. The Labute approximate surface area is 115 Å². The number of methoxy groups -OCH3 is 2. The van der Waals surface area contributed by atoms with Crippen LogP contribution in [0.4, 0.5) is 0 Å². The van der Waals surface area contributed by atoms with Gasteiger partial charge in [0, 0.05) is 17.5 Å². The molecular formula is C13H14ClNO4. The van der Waals surface area contributed by atoms with E-state index in [2.05, 4.69) is 10.1 Å². The third-order valence-electron chi connectivity index (χ3n) is 3.24. The molecule has 0 aliphatic carbocycles. The Morgan fingerprint density at radius 1 is 1.42 bits per heavy atom. The van der Waals surface area contributed by atoms with Gasteiger partial charge in [-0.25, -0.2) is 0 Å². The Morgan fingerprint density at radius 2 is 2.16 bits per heavy atom. The van der Waals surface area contributed by atoms with Crippen LogP contribution in [0.5, 0.6) is 5.75 Å². The molecule has 2 rings (SSSR count). The zero-order chi connectivity index (χ0) is 14.0. The fraction of sp³-hybridized carbons (Fsp3) is 0.385. The van der Waals surface area contributed by atoms with Gasteiger partial charge in [0.05, 0.1) is 14.2 Å². The van der Waals surface area contributed by atoms with Gasteiger partial charge in [0.25, 0.3) is 0 Å². The van der Waals surface area contributed by atoms with E-state index in [4.69, 9.17) is 16.3 Å². The van der Waals surface area contributed by atoms with Crippen molar-refractivity contribution in [2.75, 3.05) is 20.8 Å². The average molecular weight is 284 g/mol. The minimum Gasteiger partial charge on any atom is -0.497 e. The predicted octanol–water partition coefficient (Wildman–Crippen LogP) is 1.35. The number of amides is 1. The van der Waals surface area contributed by atoms with Gasteiger partial charge in [-0.15, -0.1) is 0 Å². The van der Waals surface area contributed by atoms with Crippen LogP contribution in [0, 0.1) is 5.92 Å². The van der Waals surface area contributed by atoms with Crippen molar-refractivity contribution in [2.45, 2.75) is 5.92 Å². The Hall–Kier alpha value is -1.75. The highest BCUT2D eigenvalue weighted by Crippen LogP contribution is 2.35. The van der Waals surface area contributed by atoms with Crippen molar-refractivity contribution in [3.8, 4) is 5.75 Å². The number of esters is 1. The molecule has 0 bridgehead atoms. The summed E-state index contributed by atoms with van der Waals surface area (Å²) in [7, 11) is 2.81. The van der Waals surface area contributed by atoms with Gasteiger partial charge < -0.3 is 14.8 Å². The standard InChI is InChI=1S/C13H14ClNO4/c1-18-7-3-4-8(10(14)5-7)9-6-15-12(16)11(9)13(17)19-2/h3-5,9,11H,6H2,1-2H3,(H,15,16). The van der Waals surface area contributed by atoms with Crippen molar-refractivity contribution < 1.29 is 19.1 Å². The first kappa shape index (κ1) is 13.7. The van der Waals surface area contributed by atoms with Crippen molar-refractivity contribution in [1.29, 1.82) is 0 Å². The van der Waals surface area contributed by atoms with Gasteiger partial charge in [0.1, 0.15) is 11.7 Å². The third kappa shape index (κ3) is 2.51. The molecule has 2 atom stereocenters. The molecule has 0 radical (unpaired) electrons. The van der Waals surface area contributed by atoms with Crippen LogP contribution in [-0.2, 0) is 14.3 Å². The fourth-order valence-corrected chi connectivity index (χ4v) is 2.56. The summed E-state index contributed by atoms with van der Waals surface area (Å²) in [6.45, 7) is 0.366. The van der Waals surface area contributed by atoms with Gasteiger partial charge in [-0.1, -0.05) is 17.7 Å². The molecule has 19 heavy (non-hydrogen) atoms. The summed E-state index contributed by atoms with van der Waals surface area (Å²) in [5.41, 5.74) is 0.733. The summed E-state index contributed by atoms with van der Waals surface area (Å²) in [5, 5.41) is 3.13. The summed E-state index contributed by atoms with van der Waals surface area (Å²) in [4.78, 5) is 23.4. The van der Waals surface area contributed by atoms with Gasteiger partial charge in [-0.2, -0.15) is 0 Å². The predicted molar refractivity (Wildman–Crippen MR) is 69.3 cm³/mol. The van der Waals surface area contributed by atoms with E-state index < -0.39 is 11.9 Å². The SMILES string of the molecule is COC(=O)C1C(=O)NCC1c1ccc(OC)cc1Cl.